The maximum Gasteiger partial charge on any atom is 0.252 e. The van der Waals surface area contributed by atoms with E-state index in [1.165, 1.54) is 0 Å². The Kier molecular flexibility index (Phi) is 4.69. The Bertz CT molecular complexity index is 1140. The number of hydrogen-bond donors (Lipinski definition) is 2. The van der Waals surface area contributed by atoms with E-state index in [0.717, 1.165) is 34.3 Å². The fraction of sp³-hybridized carbons (Fsp3) is 0.174. The van der Waals surface area contributed by atoms with E-state index in [1.807, 2.05) is 53.9 Å². The fourth-order valence-corrected chi connectivity index (χ4v) is 4.10. The standard InChI is InChI=1S/C23H20N4OS/c28-22(25-16-10-11-16)18-14-20(26-19-9-5-4-8-17(18)19)27-21(23-24-12-13-29-23)15-6-2-1-3-7-15/h1-9,12-14,16,21H,10-11H2,(H,25,28)(H,26,27). The minimum atomic E-state index is -0.135. The van der Waals surface area contributed by atoms with Crippen LogP contribution in [-0.2, 0) is 0 Å². The molecule has 0 spiro atoms. The Morgan fingerprint density at radius 2 is 1.86 bits per heavy atom. The minimum absolute atomic E-state index is 0.0420. The van der Waals surface area contributed by atoms with Crippen LogP contribution < -0.4 is 10.6 Å². The van der Waals surface area contributed by atoms with Gasteiger partial charge in [-0.25, -0.2) is 9.97 Å². The Hall–Kier alpha value is -3.25. The number of amides is 1. The van der Waals surface area contributed by atoms with Gasteiger partial charge < -0.3 is 10.6 Å². The third-order valence-electron chi connectivity index (χ3n) is 5.00. The van der Waals surface area contributed by atoms with Gasteiger partial charge in [-0.3, -0.25) is 4.79 Å². The molecule has 1 fully saturated rings. The van der Waals surface area contributed by atoms with Crippen molar-refractivity contribution in [2.75, 3.05) is 5.32 Å². The second-order valence-electron chi connectivity index (χ2n) is 7.18. The van der Waals surface area contributed by atoms with Crippen molar-refractivity contribution >= 4 is 34.0 Å². The van der Waals surface area contributed by atoms with E-state index in [1.54, 1.807) is 17.5 Å². The molecule has 0 bridgehead atoms. The number of pyridine rings is 1. The summed E-state index contributed by atoms with van der Waals surface area (Å²) in [5.41, 5.74) is 2.54. The van der Waals surface area contributed by atoms with E-state index in [2.05, 4.69) is 27.8 Å². The number of thiazole rings is 1. The van der Waals surface area contributed by atoms with Crippen LogP contribution in [0.4, 0.5) is 5.82 Å². The van der Waals surface area contributed by atoms with Crippen LogP contribution in [0.25, 0.3) is 10.9 Å². The predicted molar refractivity (Wildman–Crippen MR) is 116 cm³/mol. The molecule has 144 valence electrons. The molecule has 5 rings (SSSR count). The number of carbonyl (C=O) groups is 1. The van der Waals surface area contributed by atoms with Gasteiger partial charge in [0, 0.05) is 23.0 Å². The molecular weight excluding hydrogens is 380 g/mol. The number of fused-ring (bicyclic) bond motifs is 1. The highest BCUT2D eigenvalue weighted by molar-refractivity contribution is 7.09. The molecule has 2 heterocycles. The van der Waals surface area contributed by atoms with Crippen LogP contribution in [0.3, 0.4) is 0 Å². The molecule has 0 radical (unpaired) electrons. The zero-order valence-corrected chi connectivity index (χ0v) is 16.5. The number of nitrogens with zero attached hydrogens (tertiary/aromatic N) is 2. The second-order valence-corrected chi connectivity index (χ2v) is 8.10. The Balaban J connectivity index is 1.55. The summed E-state index contributed by atoms with van der Waals surface area (Å²) >= 11 is 1.60. The molecule has 1 atom stereocenters. The van der Waals surface area contributed by atoms with Gasteiger partial charge in [0.25, 0.3) is 5.91 Å². The molecule has 5 nitrogen and oxygen atoms in total. The molecule has 29 heavy (non-hydrogen) atoms. The van der Waals surface area contributed by atoms with Gasteiger partial charge in [0.05, 0.1) is 11.1 Å². The molecule has 1 aliphatic carbocycles. The van der Waals surface area contributed by atoms with Crippen LogP contribution in [0.1, 0.15) is 39.8 Å². The van der Waals surface area contributed by atoms with Crippen molar-refractivity contribution in [2.24, 2.45) is 0 Å². The topological polar surface area (TPSA) is 66.9 Å². The van der Waals surface area contributed by atoms with E-state index in [9.17, 15) is 4.79 Å². The Labute approximate surface area is 172 Å². The van der Waals surface area contributed by atoms with Crippen LogP contribution in [0, 0.1) is 0 Å². The van der Waals surface area contributed by atoms with E-state index in [-0.39, 0.29) is 11.9 Å². The van der Waals surface area contributed by atoms with Gasteiger partial charge in [-0.2, -0.15) is 0 Å². The van der Waals surface area contributed by atoms with E-state index in [0.29, 0.717) is 17.4 Å². The van der Waals surface area contributed by atoms with Gasteiger partial charge in [0.2, 0.25) is 0 Å². The van der Waals surface area contributed by atoms with Gasteiger partial charge in [-0.1, -0.05) is 48.5 Å². The van der Waals surface area contributed by atoms with Gasteiger partial charge >= 0.3 is 0 Å². The fourth-order valence-electron chi connectivity index (χ4n) is 3.39. The number of rotatable bonds is 6. The first kappa shape index (κ1) is 17.8. The molecule has 2 aromatic carbocycles. The van der Waals surface area contributed by atoms with E-state index < -0.39 is 0 Å². The summed E-state index contributed by atoms with van der Waals surface area (Å²) in [7, 11) is 0. The number of anilines is 1. The van der Waals surface area contributed by atoms with E-state index in [4.69, 9.17) is 4.98 Å². The number of aromatic nitrogens is 2. The highest BCUT2D eigenvalue weighted by atomic mass is 32.1. The van der Waals surface area contributed by atoms with Crippen molar-refractivity contribution in [1.29, 1.82) is 0 Å². The van der Waals surface area contributed by atoms with Crippen LogP contribution in [0.15, 0.2) is 72.2 Å². The monoisotopic (exact) mass is 400 g/mol. The lowest BCUT2D eigenvalue weighted by molar-refractivity contribution is 0.0952. The van der Waals surface area contributed by atoms with E-state index >= 15 is 0 Å². The average Bonchev–Trinajstić information content (AvgIpc) is 3.41. The molecule has 6 heteroatoms. The lowest BCUT2D eigenvalue weighted by Gasteiger charge is -2.19. The molecule has 1 amide bonds. The van der Waals surface area contributed by atoms with Crippen molar-refractivity contribution in [3.8, 4) is 0 Å². The first-order chi connectivity index (χ1) is 14.3. The second kappa shape index (κ2) is 7.64. The Morgan fingerprint density at radius 3 is 2.62 bits per heavy atom. The largest absolute Gasteiger partial charge is 0.357 e. The first-order valence-electron chi connectivity index (χ1n) is 9.69. The highest BCUT2D eigenvalue weighted by Gasteiger charge is 2.25. The molecule has 4 aromatic rings. The maximum absolute atomic E-state index is 12.9. The molecular formula is C23H20N4OS. The average molecular weight is 401 g/mol. The van der Waals surface area contributed by atoms with Crippen molar-refractivity contribution in [3.05, 3.63) is 88.4 Å². The van der Waals surface area contributed by atoms with Crippen molar-refractivity contribution in [1.82, 2.24) is 15.3 Å². The highest BCUT2D eigenvalue weighted by Crippen LogP contribution is 2.30. The molecule has 0 aliphatic heterocycles. The quantitative estimate of drug-likeness (QED) is 0.489. The summed E-state index contributed by atoms with van der Waals surface area (Å²) in [5.74, 6) is 0.619. The van der Waals surface area contributed by atoms with Crippen molar-refractivity contribution < 1.29 is 4.79 Å². The molecule has 2 N–H and O–H groups in total. The zero-order chi connectivity index (χ0) is 19.6. The normalized spacial score (nSPS) is 14.5. The summed E-state index contributed by atoms with van der Waals surface area (Å²) in [5, 5.41) is 10.4. The summed E-state index contributed by atoms with van der Waals surface area (Å²) in [6, 6.07) is 20.0. The van der Waals surface area contributed by atoms with Gasteiger partial charge in [-0.15, -0.1) is 11.3 Å². The lowest BCUT2D eigenvalue weighted by atomic mass is 10.1. The number of para-hydroxylation sites is 1. The van der Waals surface area contributed by atoms with Gasteiger partial charge in [0.15, 0.2) is 0 Å². The third kappa shape index (κ3) is 3.84. The maximum atomic E-state index is 12.9. The molecule has 2 aromatic heterocycles. The molecule has 1 aliphatic rings. The lowest BCUT2D eigenvalue weighted by Crippen LogP contribution is -2.26. The molecule has 0 saturated heterocycles. The van der Waals surface area contributed by atoms with Gasteiger partial charge in [0.1, 0.15) is 16.9 Å². The van der Waals surface area contributed by atoms with Crippen LogP contribution in [-0.4, -0.2) is 21.9 Å². The van der Waals surface area contributed by atoms with Crippen molar-refractivity contribution in [3.63, 3.8) is 0 Å². The van der Waals surface area contributed by atoms with Gasteiger partial charge in [-0.05, 0) is 30.5 Å². The summed E-state index contributed by atoms with van der Waals surface area (Å²) < 4.78 is 0. The van der Waals surface area contributed by atoms with Crippen LogP contribution in [0.5, 0.6) is 0 Å². The molecule has 1 unspecified atom stereocenters. The minimum Gasteiger partial charge on any atom is -0.357 e. The zero-order valence-electron chi connectivity index (χ0n) is 15.7. The summed E-state index contributed by atoms with van der Waals surface area (Å²) in [6.45, 7) is 0. The van der Waals surface area contributed by atoms with Crippen LogP contribution in [0.2, 0.25) is 0 Å². The third-order valence-corrected chi connectivity index (χ3v) is 5.84. The predicted octanol–water partition coefficient (Wildman–Crippen LogP) is 4.79. The number of hydrogen-bond acceptors (Lipinski definition) is 5. The number of carbonyl (C=O) groups excluding carboxylic acids is 1. The summed E-state index contributed by atoms with van der Waals surface area (Å²) in [6.07, 6.45) is 3.92. The Morgan fingerprint density at radius 1 is 1.07 bits per heavy atom. The SMILES string of the molecule is O=C(NC1CC1)c1cc(NC(c2ccccc2)c2nccs2)nc2ccccc12. The summed E-state index contributed by atoms with van der Waals surface area (Å²) in [4.78, 5) is 22.1. The number of benzene rings is 2. The number of nitrogens with one attached hydrogen (secondary N) is 2. The first-order valence-corrected chi connectivity index (χ1v) is 10.6. The smallest absolute Gasteiger partial charge is 0.252 e. The van der Waals surface area contributed by atoms with Crippen molar-refractivity contribution in [2.45, 2.75) is 24.9 Å². The molecule has 1 saturated carbocycles. The van der Waals surface area contributed by atoms with Crippen LogP contribution >= 0.6 is 11.3 Å².